The largest absolute Gasteiger partial charge is 0.387 e. The Bertz CT molecular complexity index is 982. The van der Waals surface area contributed by atoms with Crippen LogP contribution in [0.2, 0.25) is 0 Å². The summed E-state index contributed by atoms with van der Waals surface area (Å²) in [6, 6.07) is 11.1. The van der Waals surface area contributed by atoms with Crippen molar-refractivity contribution in [3.8, 4) is 0 Å². The summed E-state index contributed by atoms with van der Waals surface area (Å²) in [5.41, 5.74) is 1.01. The Morgan fingerprint density at radius 3 is 2.75 bits per heavy atom. The summed E-state index contributed by atoms with van der Waals surface area (Å²) < 4.78 is 41.3. The lowest BCUT2D eigenvalue weighted by Crippen LogP contribution is -2.29. The molecule has 0 amide bonds. The molecule has 0 saturated carbocycles. The van der Waals surface area contributed by atoms with Crippen LogP contribution < -0.4 is 4.72 Å². The van der Waals surface area contributed by atoms with Crippen molar-refractivity contribution in [2.24, 2.45) is 0 Å². The highest BCUT2D eigenvalue weighted by molar-refractivity contribution is 7.89. The van der Waals surface area contributed by atoms with Crippen LogP contribution >= 0.6 is 11.3 Å². The zero-order valence-electron chi connectivity index (χ0n) is 12.9. The fraction of sp³-hybridized carbons (Fsp3) is 0.176. The molecule has 0 saturated heterocycles. The maximum Gasteiger partial charge on any atom is 0.240 e. The van der Waals surface area contributed by atoms with Crippen LogP contribution in [-0.4, -0.2) is 20.1 Å². The summed E-state index contributed by atoms with van der Waals surface area (Å²) in [7, 11) is -3.82. The van der Waals surface area contributed by atoms with Gasteiger partial charge in [0.2, 0.25) is 10.0 Å². The molecule has 0 bridgehead atoms. The number of nitrogens with one attached hydrogen (secondary N) is 1. The van der Waals surface area contributed by atoms with Gasteiger partial charge in [0.1, 0.15) is 5.82 Å². The number of hydrogen-bond donors (Lipinski definition) is 2. The number of hydrogen-bond acceptors (Lipinski definition) is 4. The number of sulfonamides is 1. The molecule has 0 fully saturated rings. The number of aryl methyl sites for hydroxylation is 1. The average Bonchev–Trinajstić information content (AvgIpc) is 2.96. The highest BCUT2D eigenvalue weighted by Gasteiger charge is 2.20. The van der Waals surface area contributed by atoms with Gasteiger partial charge >= 0.3 is 0 Å². The number of thiophene rings is 1. The summed E-state index contributed by atoms with van der Waals surface area (Å²) >= 11 is 1.50. The molecule has 0 aliphatic carbocycles. The molecule has 1 atom stereocenters. The van der Waals surface area contributed by atoms with Gasteiger partial charge in [-0.25, -0.2) is 17.5 Å². The second-order valence-electron chi connectivity index (χ2n) is 5.46. The molecule has 0 radical (unpaired) electrons. The molecule has 0 aliphatic rings. The Kier molecular flexibility index (Phi) is 4.69. The standard InChI is InChI=1S/C17H16FNO3S2/c1-11-8-12(18)6-7-17(11)24(21,22)19-9-15(20)14-10-23-16-5-3-2-4-13(14)16/h2-8,10,15,19-20H,9H2,1H3/t15-/m1/s1. The first kappa shape index (κ1) is 17.0. The highest BCUT2D eigenvalue weighted by atomic mass is 32.2. The van der Waals surface area contributed by atoms with Gasteiger partial charge in [0.15, 0.2) is 0 Å². The van der Waals surface area contributed by atoms with Crippen molar-refractivity contribution in [3.05, 3.63) is 64.8 Å². The number of rotatable bonds is 5. The normalized spacial score (nSPS) is 13.3. The van der Waals surface area contributed by atoms with E-state index in [-0.39, 0.29) is 11.4 Å². The minimum absolute atomic E-state index is 0.00581. The van der Waals surface area contributed by atoms with E-state index < -0.39 is 21.9 Å². The second kappa shape index (κ2) is 6.60. The first-order valence-electron chi connectivity index (χ1n) is 7.28. The summed E-state index contributed by atoms with van der Waals surface area (Å²) in [5.74, 6) is -0.490. The third-order valence-electron chi connectivity index (χ3n) is 3.76. The smallest absolute Gasteiger partial charge is 0.240 e. The lowest BCUT2D eigenvalue weighted by molar-refractivity contribution is 0.184. The van der Waals surface area contributed by atoms with Crippen LogP contribution in [0.1, 0.15) is 17.2 Å². The van der Waals surface area contributed by atoms with Gasteiger partial charge in [0.25, 0.3) is 0 Å². The van der Waals surface area contributed by atoms with Crippen molar-refractivity contribution in [2.45, 2.75) is 17.9 Å². The Balaban J connectivity index is 1.79. The lowest BCUT2D eigenvalue weighted by atomic mass is 10.1. The zero-order chi connectivity index (χ0) is 17.3. The molecule has 1 heterocycles. The Hall–Kier alpha value is -1.80. The van der Waals surface area contributed by atoms with Gasteiger partial charge in [0, 0.05) is 16.8 Å². The van der Waals surface area contributed by atoms with Crippen LogP contribution in [0.3, 0.4) is 0 Å². The van der Waals surface area contributed by atoms with E-state index in [0.29, 0.717) is 11.1 Å². The third-order valence-corrected chi connectivity index (χ3v) is 6.33. The summed E-state index contributed by atoms with van der Waals surface area (Å²) in [6.07, 6.45) is -0.961. The van der Waals surface area contributed by atoms with Gasteiger partial charge in [-0.1, -0.05) is 18.2 Å². The molecular weight excluding hydrogens is 349 g/mol. The highest BCUT2D eigenvalue weighted by Crippen LogP contribution is 2.30. The van der Waals surface area contributed by atoms with Crippen molar-refractivity contribution in [1.29, 1.82) is 0 Å². The monoisotopic (exact) mass is 365 g/mol. The van der Waals surface area contributed by atoms with Crippen molar-refractivity contribution in [3.63, 3.8) is 0 Å². The number of fused-ring (bicyclic) bond motifs is 1. The van der Waals surface area contributed by atoms with Gasteiger partial charge in [0.05, 0.1) is 11.0 Å². The number of benzene rings is 2. The minimum atomic E-state index is -3.82. The van der Waals surface area contributed by atoms with Crippen molar-refractivity contribution in [1.82, 2.24) is 4.72 Å². The second-order valence-corrected chi connectivity index (χ2v) is 8.11. The van der Waals surface area contributed by atoms with Crippen LogP contribution in [0.5, 0.6) is 0 Å². The predicted molar refractivity (Wildman–Crippen MR) is 93.1 cm³/mol. The van der Waals surface area contributed by atoms with Crippen molar-refractivity contribution in [2.75, 3.05) is 6.54 Å². The van der Waals surface area contributed by atoms with E-state index in [1.807, 2.05) is 29.6 Å². The SMILES string of the molecule is Cc1cc(F)ccc1S(=O)(=O)NC[C@@H](O)c1csc2ccccc12. The Labute approximate surface area is 143 Å². The van der Waals surface area contributed by atoms with E-state index in [4.69, 9.17) is 0 Å². The molecule has 24 heavy (non-hydrogen) atoms. The molecule has 126 valence electrons. The molecule has 3 aromatic rings. The Morgan fingerprint density at radius 2 is 2.00 bits per heavy atom. The summed E-state index contributed by atoms with van der Waals surface area (Å²) in [5, 5.41) is 13.1. The third kappa shape index (κ3) is 3.34. The van der Waals surface area contributed by atoms with Gasteiger partial charge in [-0.3, -0.25) is 0 Å². The van der Waals surface area contributed by atoms with Crippen molar-refractivity contribution < 1.29 is 17.9 Å². The quantitative estimate of drug-likeness (QED) is 0.729. The fourth-order valence-corrected chi connectivity index (χ4v) is 4.82. The predicted octanol–water partition coefficient (Wildman–Crippen LogP) is 3.36. The molecule has 3 rings (SSSR count). The van der Waals surface area contributed by atoms with Crippen LogP contribution in [-0.2, 0) is 10.0 Å². The molecule has 2 N–H and O–H groups in total. The van der Waals surface area contributed by atoms with Gasteiger partial charge in [-0.05, 0) is 47.5 Å². The maximum absolute atomic E-state index is 13.1. The molecule has 2 aromatic carbocycles. The van der Waals surface area contributed by atoms with Crippen LogP contribution in [0, 0.1) is 12.7 Å². The molecule has 0 spiro atoms. The van der Waals surface area contributed by atoms with E-state index >= 15 is 0 Å². The fourth-order valence-electron chi connectivity index (χ4n) is 2.55. The average molecular weight is 365 g/mol. The van der Waals surface area contributed by atoms with E-state index in [1.165, 1.54) is 24.3 Å². The summed E-state index contributed by atoms with van der Waals surface area (Å²) in [4.78, 5) is 0.00581. The molecule has 0 unspecified atom stereocenters. The zero-order valence-corrected chi connectivity index (χ0v) is 14.5. The molecule has 4 nitrogen and oxygen atoms in total. The van der Waals surface area contributed by atoms with Crippen LogP contribution in [0.4, 0.5) is 4.39 Å². The van der Waals surface area contributed by atoms with Gasteiger partial charge in [-0.15, -0.1) is 11.3 Å². The molecule has 0 aliphatic heterocycles. The van der Waals surface area contributed by atoms with Gasteiger partial charge < -0.3 is 5.11 Å². The number of aliphatic hydroxyl groups is 1. The minimum Gasteiger partial charge on any atom is -0.387 e. The summed E-state index contributed by atoms with van der Waals surface area (Å²) in [6.45, 7) is 1.38. The maximum atomic E-state index is 13.1. The first-order valence-corrected chi connectivity index (χ1v) is 9.65. The van der Waals surface area contributed by atoms with Crippen molar-refractivity contribution >= 4 is 31.4 Å². The Morgan fingerprint density at radius 1 is 1.25 bits per heavy atom. The van der Waals surface area contributed by atoms with E-state index in [0.717, 1.165) is 22.2 Å². The molecule has 7 heteroatoms. The van der Waals surface area contributed by atoms with Gasteiger partial charge in [-0.2, -0.15) is 0 Å². The topological polar surface area (TPSA) is 66.4 Å². The molecule has 1 aromatic heterocycles. The van der Waals surface area contributed by atoms with E-state index in [9.17, 15) is 17.9 Å². The lowest BCUT2D eigenvalue weighted by Gasteiger charge is -2.13. The van der Waals surface area contributed by atoms with E-state index in [1.54, 1.807) is 0 Å². The molecular formula is C17H16FNO3S2. The first-order chi connectivity index (χ1) is 11.4. The van der Waals surface area contributed by atoms with Crippen LogP contribution in [0.15, 0.2) is 52.7 Å². The number of halogens is 1. The van der Waals surface area contributed by atoms with E-state index in [2.05, 4.69) is 4.72 Å². The number of aliphatic hydroxyl groups excluding tert-OH is 1. The van der Waals surface area contributed by atoms with Crippen LogP contribution in [0.25, 0.3) is 10.1 Å².